The van der Waals surface area contributed by atoms with Crippen LogP contribution in [0.25, 0.3) is 5.69 Å². The molecule has 226 valence electrons. The summed E-state index contributed by atoms with van der Waals surface area (Å²) in [5, 5.41) is 4.06. The molecule has 0 spiro atoms. The average Bonchev–Trinajstić information content (AvgIpc) is 3.62. The van der Waals surface area contributed by atoms with E-state index in [-0.39, 0.29) is 12.4 Å². The first-order chi connectivity index (χ1) is 20.6. The van der Waals surface area contributed by atoms with E-state index < -0.39 is 18.0 Å². The van der Waals surface area contributed by atoms with E-state index in [1.807, 2.05) is 31.2 Å². The Kier molecular flexibility index (Phi) is 10.7. The van der Waals surface area contributed by atoms with Crippen molar-refractivity contribution in [3.63, 3.8) is 0 Å². The third-order valence-electron chi connectivity index (χ3n) is 6.29. The van der Waals surface area contributed by atoms with E-state index >= 15 is 0 Å². The molecule has 4 aromatic rings. The zero-order valence-electron chi connectivity index (χ0n) is 24.3. The summed E-state index contributed by atoms with van der Waals surface area (Å²) in [5.74, 6) is 0.884. The van der Waals surface area contributed by atoms with E-state index in [2.05, 4.69) is 72.9 Å². The third-order valence-corrected chi connectivity index (χ3v) is 8.43. The fourth-order valence-corrected chi connectivity index (χ4v) is 5.09. The molecule has 1 N–H and O–H groups in total. The molecule has 0 radical (unpaired) electrons. The normalized spacial score (nSPS) is 11.8. The van der Waals surface area contributed by atoms with Crippen LogP contribution >= 0.6 is 31.9 Å². The van der Waals surface area contributed by atoms with Gasteiger partial charge in [-0.25, -0.2) is 10.2 Å². The maximum Gasteiger partial charge on any atom is 0.346 e. The molecular weight excluding hydrogens is 686 g/mol. The number of esters is 1. The highest BCUT2D eigenvalue weighted by Crippen LogP contribution is 2.43. The minimum atomic E-state index is -0.862. The molecule has 10 nitrogen and oxygen atoms in total. The number of aryl methyl sites for hydroxylation is 2. The number of halogens is 2. The largest absolute Gasteiger partial charge is 0.490 e. The Morgan fingerprint density at radius 2 is 1.72 bits per heavy atom. The smallest absolute Gasteiger partial charge is 0.346 e. The van der Waals surface area contributed by atoms with E-state index in [0.29, 0.717) is 44.1 Å². The van der Waals surface area contributed by atoms with Crippen LogP contribution in [0.5, 0.6) is 17.2 Å². The van der Waals surface area contributed by atoms with Crippen LogP contribution < -0.4 is 19.6 Å². The Hall–Kier alpha value is -4.03. The maximum absolute atomic E-state index is 12.6. The summed E-state index contributed by atoms with van der Waals surface area (Å²) < 4.78 is 31.0. The molecule has 0 aliphatic rings. The fourth-order valence-electron chi connectivity index (χ4n) is 4.18. The molecule has 0 saturated carbocycles. The van der Waals surface area contributed by atoms with Gasteiger partial charge >= 0.3 is 11.9 Å². The van der Waals surface area contributed by atoms with Crippen LogP contribution in [0.15, 0.2) is 73.1 Å². The van der Waals surface area contributed by atoms with Crippen molar-refractivity contribution in [1.82, 2.24) is 9.99 Å². The number of nitrogens with one attached hydrogen (secondary N) is 1. The van der Waals surface area contributed by atoms with Crippen molar-refractivity contribution in [3.8, 4) is 22.9 Å². The molecule has 2 heterocycles. The van der Waals surface area contributed by atoms with E-state index in [9.17, 15) is 9.59 Å². The van der Waals surface area contributed by atoms with Gasteiger partial charge in [0.05, 0.1) is 24.4 Å². The first-order valence-corrected chi connectivity index (χ1v) is 14.9. The number of benzene rings is 2. The number of hydrazone groups is 1. The van der Waals surface area contributed by atoms with Gasteiger partial charge in [-0.05, 0) is 114 Å². The minimum Gasteiger partial charge on any atom is -0.490 e. The van der Waals surface area contributed by atoms with Crippen molar-refractivity contribution in [3.05, 3.63) is 92.0 Å². The molecule has 12 heteroatoms. The number of hydrogen-bond acceptors (Lipinski definition) is 8. The Morgan fingerprint density at radius 3 is 2.37 bits per heavy atom. The van der Waals surface area contributed by atoms with Gasteiger partial charge in [0, 0.05) is 27.1 Å². The summed E-state index contributed by atoms with van der Waals surface area (Å²) in [7, 11) is 1.29. The van der Waals surface area contributed by atoms with Crippen molar-refractivity contribution >= 4 is 50.0 Å². The Bertz CT molecular complexity index is 1610. The number of nitrogens with zero attached hydrogens (tertiary/aromatic N) is 2. The van der Waals surface area contributed by atoms with Gasteiger partial charge in [0.15, 0.2) is 23.4 Å². The Labute approximate surface area is 266 Å². The molecule has 43 heavy (non-hydrogen) atoms. The number of ether oxygens (including phenoxy) is 4. The van der Waals surface area contributed by atoms with Gasteiger partial charge in [-0.1, -0.05) is 0 Å². The predicted molar refractivity (Wildman–Crippen MR) is 168 cm³/mol. The molecule has 0 bridgehead atoms. The van der Waals surface area contributed by atoms with Gasteiger partial charge in [-0.2, -0.15) is 5.10 Å². The third kappa shape index (κ3) is 7.68. The second kappa shape index (κ2) is 14.4. The molecule has 4 rings (SSSR count). The lowest BCUT2D eigenvalue weighted by atomic mass is 10.2. The number of aromatic nitrogens is 1. The number of amides is 1. The van der Waals surface area contributed by atoms with Crippen molar-refractivity contribution in [2.24, 2.45) is 5.10 Å². The van der Waals surface area contributed by atoms with Gasteiger partial charge in [-0.3, -0.25) is 4.79 Å². The van der Waals surface area contributed by atoms with E-state index in [0.717, 1.165) is 17.1 Å². The van der Waals surface area contributed by atoms with E-state index in [1.54, 1.807) is 25.1 Å². The van der Waals surface area contributed by atoms with Crippen LogP contribution in [0.2, 0.25) is 0 Å². The summed E-state index contributed by atoms with van der Waals surface area (Å²) in [6.07, 6.45) is 0.579. The summed E-state index contributed by atoms with van der Waals surface area (Å²) in [5.41, 5.74) is 6.40. The lowest BCUT2D eigenvalue weighted by molar-refractivity contribution is -0.148. The van der Waals surface area contributed by atoms with Gasteiger partial charge in [0.25, 0.3) is 0 Å². The number of furan rings is 1. The SMILES string of the molecule is CCOc1cc(/C=N/NC(=O)c2ccc(COc3ccc(-n4c(C)ccc4C)cc3)o2)c(Br)c(Br)c1O[C@@H](C)C(=O)OC. The lowest BCUT2D eigenvalue weighted by Gasteiger charge is -2.19. The second-order valence-electron chi connectivity index (χ2n) is 9.34. The molecular formula is C31H31Br2N3O7. The quantitative estimate of drug-likeness (QED) is 0.0965. The number of methoxy groups -OCH3 is 1. The van der Waals surface area contributed by atoms with E-state index in [1.165, 1.54) is 13.3 Å². The van der Waals surface area contributed by atoms with Gasteiger partial charge in [-0.15, -0.1) is 0 Å². The predicted octanol–water partition coefficient (Wildman–Crippen LogP) is 6.89. The highest BCUT2D eigenvalue weighted by atomic mass is 79.9. The molecule has 0 unspecified atom stereocenters. The van der Waals surface area contributed by atoms with Crippen LogP contribution in [0, 0.1) is 13.8 Å². The van der Waals surface area contributed by atoms with Crippen LogP contribution in [-0.4, -0.2) is 42.5 Å². The number of rotatable bonds is 12. The molecule has 0 fully saturated rings. The van der Waals surface area contributed by atoms with Gasteiger partial charge in [0.2, 0.25) is 0 Å². The Balaban J connectivity index is 1.37. The van der Waals surface area contributed by atoms with Gasteiger partial charge in [0.1, 0.15) is 18.1 Å². The fraction of sp³-hybridized carbons (Fsp3) is 0.258. The first-order valence-electron chi connectivity index (χ1n) is 13.3. The second-order valence-corrected chi connectivity index (χ2v) is 10.9. The van der Waals surface area contributed by atoms with Crippen molar-refractivity contribution in [1.29, 1.82) is 0 Å². The molecule has 2 aromatic carbocycles. The molecule has 1 amide bonds. The topological polar surface area (TPSA) is 114 Å². The molecule has 0 saturated heterocycles. The summed E-state index contributed by atoms with van der Waals surface area (Å²) in [4.78, 5) is 24.5. The highest BCUT2D eigenvalue weighted by Gasteiger charge is 2.23. The molecule has 0 aliphatic heterocycles. The summed E-state index contributed by atoms with van der Waals surface area (Å²) in [6, 6.07) is 16.8. The zero-order chi connectivity index (χ0) is 31.1. The molecule has 0 aliphatic carbocycles. The monoisotopic (exact) mass is 715 g/mol. The minimum absolute atomic E-state index is 0.0838. The van der Waals surface area contributed by atoms with Gasteiger partial charge < -0.3 is 27.9 Å². The van der Waals surface area contributed by atoms with Crippen LogP contribution in [0.4, 0.5) is 0 Å². The number of carbonyl (C=O) groups excluding carboxylic acids is 2. The molecule has 1 atom stereocenters. The van der Waals surface area contributed by atoms with E-state index in [4.69, 9.17) is 23.4 Å². The molecule has 2 aromatic heterocycles. The summed E-state index contributed by atoms with van der Waals surface area (Å²) >= 11 is 6.98. The summed E-state index contributed by atoms with van der Waals surface area (Å²) in [6.45, 7) is 8.03. The number of hydrogen-bond donors (Lipinski definition) is 1. The maximum atomic E-state index is 12.6. The van der Waals surface area contributed by atoms with Crippen LogP contribution in [-0.2, 0) is 16.1 Å². The van der Waals surface area contributed by atoms with Crippen molar-refractivity contribution in [2.75, 3.05) is 13.7 Å². The van der Waals surface area contributed by atoms with Crippen LogP contribution in [0.1, 0.15) is 47.1 Å². The number of carbonyl (C=O) groups is 2. The lowest BCUT2D eigenvalue weighted by Crippen LogP contribution is -2.25. The first kappa shape index (κ1) is 31.9. The highest BCUT2D eigenvalue weighted by molar-refractivity contribution is 9.13. The van der Waals surface area contributed by atoms with Crippen molar-refractivity contribution in [2.45, 2.75) is 40.4 Å². The van der Waals surface area contributed by atoms with Crippen LogP contribution in [0.3, 0.4) is 0 Å². The standard InChI is InChI=1S/C31H31Br2N3O7/c1-6-40-26-15-21(27(32)28(33)29(26)42-20(4)31(38)39-5)16-34-35-30(37)25-14-13-24(43-25)17-41-23-11-9-22(10-12-23)36-18(2)7-8-19(36)3/h7-16,20H,6,17H2,1-5H3,(H,35,37)/b34-16+/t20-/m0/s1. The van der Waals surface area contributed by atoms with Crippen molar-refractivity contribution < 1.29 is 33.0 Å². The Morgan fingerprint density at radius 1 is 1.02 bits per heavy atom. The average molecular weight is 717 g/mol. The zero-order valence-corrected chi connectivity index (χ0v) is 27.4.